The number of aromatic amines is 1. The number of nitrogens with one attached hydrogen (secondary N) is 1. The molecule has 0 amide bonds. The van der Waals surface area contributed by atoms with Gasteiger partial charge in [0.25, 0.3) is 0 Å². The fourth-order valence-electron chi connectivity index (χ4n) is 2.23. The van der Waals surface area contributed by atoms with Crippen molar-refractivity contribution in [3.63, 3.8) is 0 Å². The average Bonchev–Trinajstić information content (AvgIpc) is 2.43. The highest BCUT2D eigenvalue weighted by molar-refractivity contribution is 5.84. The van der Waals surface area contributed by atoms with Crippen LogP contribution in [0.2, 0.25) is 0 Å². The zero-order valence-electron chi connectivity index (χ0n) is 10.5. The van der Waals surface area contributed by atoms with E-state index in [0.717, 1.165) is 16.6 Å². The molecule has 3 rings (SSSR count). The van der Waals surface area contributed by atoms with Crippen LogP contribution in [0.4, 0.5) is 0 Å². The molecule has 94 valence electrons. The molecule has 0 radical (unpaired) electrons. The van der Waals surface area contributed by atoms with Crippen molar-refractivity contribution in [3.05, 3.63) is 64.3 Å². The molecule has 0 saturated carbocycles. The van der Waals surface area contributed by atoms with Crippen LogP contribution in [0, 0.1) is 6.92 Å². The third-order valence-corrected chi connectivity index (χ3v) is 3.19. The van der Waals surface area contributed by atoms with Crippen molar-refractivity contribution in [2.75, 3.05) is 0 Å². The number of benzene rings is 2. The first-order valence-electron chi connectivity index (χ1n) is 6.08. The van der Waals surface area contributed by atoms with Crippen LogP contribution in [0.3, 0.4) is 0 Å². The molecule has 1 heterocycles. The lowest BCUT2D eigenvalue weighted by Crippen LogP contribution is -2.04. The zero-order chi connectivity index (χ0) is 13.4. The topological polar surface area (TPSA) is 53.1 Å². The Hall–Kier alpha value is -2.55. The number of H-pyrrole nitrogens is 1. The first-order valence-corrected chi connectivity index (χ1v) is 6.08. The van der Waals surface area contributed by atoms with E-state index in [-0.39, 0.29) is 11.2 Å². The lowest BCUT2D eigenvalue weighted by molar-refractivity contribution is 0.471. The molecule has 3 heteroatoms. The summed E-state index contributed by atoms with van der Waals surface area (Å²) in [6.07, 6.45) is 0. The molecule has 0 aliphatic rings. The van der Waals surface area contributed by atoms with Crippen LogP contribution in [0.5, 0.6) is 5.75 Å². The lowest BCUT2D eigenvalue weighted by Gasteiger charge is -2.08. The van der Waals surface area contributed by atoms with Gasteiger partial charge in [-0.1, -0.05) is 35.9 Å². The largest absolute Gasteiger partial charge is 0.503 e. The van der Waals surface area contributed by atoms with E-state index < -0.39 is 0 Å². The fraction of sp³-hybridized carbons (Fsp3) is 0.0625. The van der Waals surface area contributed by atoms with Gasteiger partial charge in [0.05, 0.1) is 5.69 Å². The maximum Gasteiger partial charge on any atom is 0.231 e. The number of hydrogen-bond donors (Lipinski definition) is 2. The molecular weight excluding hydrogens is 238 g/mol. The minimum atomic E-state index is -0.342. The average molecular weight is 251 g/mol. The van der Waals surface area contributed by atoms with Gasteiger partial charge in [-0.2, -0.15) is 0 Å². The van der Waals surface area contributed by atoms with Gasteiger partial charge in [0.2, 0.25) is 5.43 Å². The summed E-state index contributed by atoms with van der Waals surface area (Å²) in [5.74, 6) is -0.232. The van der Waals surface area contributed by atoms with Crippen LogP contribution < -0.4 is 5.43 Å². The summed E-state index contributed by atoms with van der Waals surface area (Å²) in [5.41, 5.74) is 2.73. The van der Waals surface area contributed by atoms with Crippen LogP contribution in [0.25, 0.3) is 22.2 Å². The highest BCUT2D eigenvalue weighted by atomic mass is 16.3. The minimum absolute atomic E-state index is 0.232. The number of para-hydroxylation sites is 1. The molecule has 0 aliphatic carbocycles. The molecule has 0 unspecified atom stereocenters. The summed E-state index contributed by atoms with van der Waals surface area (Å²) in [6, 6.07) is 14.8. The van der Waals surface area contributed by atoms with E-state index in [1.165, 1.54) is 0 Å². The molecule has 2 N–H and O–H groups in total. The highest BCUT2D eigenvalue weighted by Crippen LogP contribution is 2.26. The van der Waals surface area contributed by atoms with Gasteiger partial charge in [0, 0.05) is 16.5 Å². The summed E-state index contributed by atoms with van der Waals surface area (Å²) in [4.78, 5) is 15.3. The maximum absolute atomic E-state index is 12.1. The molecule has 0 aliphatic heterocycles. The van der Waals surface area contributed by atoms with E-state index in [9.17, 15) is 9.90 Å². The zero-order valence-corrected chi connectivity index (χ0v) is 10.5. The summed E-state index contributed by atoms with van der Waals surface area (Å²) in [5, 5.41) is 10.6. The van der Waals surface area contributed by atoms with E-state index in [2.05, 4.69) is 4.98 Å². The van der Waals surface area contributed by atoms with E-state index in [1.54, 1.807) is 12.1 Å². The van der Waals surface area contributed by atoms with Crippen molar-refractivity contribution in [1.29, 1.82) is 0 Å². The number of aryl methyl sites for hydroxylation is 1. The second-order valence-corrected chi connectivity index (χ2v) is 4.59. The molecule has 2 aromatic carbocycles. The smallest absolute Gasteiger partial charge is 0.231 e. The lowest BCUT2D eigenvalue weighted by atomic mass is 10.1. The summed E-state index contributed by atoms with van der Waals surface area (Å²) < 4.78 is 0. The molecule has 0 bridgehead atoms. The van der Waals surface area contributed by atoms with Crippen molar-refractivity contribution in [2.45, 2.75) is 6.92 Å². The summed E-state index contributed by atoms with van der Waals surface area (Å²) in [7, 11) is 0. The third kappa shape index (κ3) is 1.89. The predicted octanol–water partition coefficient (Wildman–Crippen LogP) is 3.21. The molecule has 0 atom stereocenters. The Morgan fingerprint density at radius 1 is 1.05 bits per heavy atom. The maximum atomic E-state index is 12.1. The Kier molecular flexibility index (Phi) is 2.60. The van der Waals surface area contributed by atoms with Crippen LogP contribution in [0.15, 0.2) is 53.3 Å². The van der Waals surface area contributed by atoms with Crippen LogP contribution in [-0.2, 0) is 0 Å². The normalized spacial score (nSPS) is 10.8. The summed E-state index contributed by atoms with van der Waals surface area (Å²) >= 11 is 0. The van der Waals surface area contributed by atoms with Crippen LogP contribution in [-0.4, -0.2) is 10.1 Å². The van der Waals surface area contributed by atoms with Gasteiger partial charge in [-0.3, -0.25) is 4.79 Å². The number of aromatic hydroxyl groups is 1. The Morgan fingerprint density at radius 2 is 1.84 bits per heavy atom. The van der Waals surface area contributed by atoms with Gasteiger partial charge in [-0.25, -0.2) is 0 Å². The van der Waals surface area contributed by atoms with Gasteiger partial charge in [-0.15, -0.1) is 0 Å². The Labute approximate surface area is 110 Å². The van der Waals surface area contributed by atoms with E-state index in [4.69, 9.17) is 0 Å². The predicted molar refractivity (Wildman–Crippen MR) is 76.4 cm³/mol. The first kappa shape index (κ1) is 11.5. The standard InChI is InChI=1S/C16H13NO2/c1-10-5-4-6-11(9-10)14-16(19)15(18)12-7-2-3-8-13(12)17-14/h2-9,19H,1H3,(H,17,18). The molecule has 0 fully saturated rings. The number of rotatable bonds is 1. The van der Waals surface area contributed by atoms with Crippen molar-refractivity contribution >= 4 is 10.9 Å². The quantitative estimate of drug-likeness (QED) is 0.697. The molecular formula is C16H13NO2. The number of fused-ring (bicyclic) bond motifs is 1. The van der Waals surface area contributed by atoms with E-state index in [1.807, 2.05) is 43.3 Å². The second kappa shape index (κ2) is 4.28. The number of hydrogen-bond acceptors (Lipinski definition) is 2. The number of aromatic nitrogens is 1. The van der Waals surface area contributed by atoms with Gasteiger partial charge in [-0.05, 0) is 25.1 Å². The highest BCUT2D eigenvalue weighted by Gasteiger charge is 2.12. The van der Waals surface area contributed by atoms with Crippen molar-refractivity contribution in [1.82, 2.24) is 4.98 Å². The van der Waals surface area contributed by atoms with Gasteiger partial charge >= 0.3 is 0 Å². The van der Waals surface area contributed by atoms with Gasteiger partial charge in [0.15, 0.2) is 5.75 Å². The third-order valence-electron chi connectivity index (χ3n) is 3.19. The number of pyridine rings is 1. The first-order chi connectivity index (χ1) is 9.16. The minimum Gasteiger partial charge on any atom is -0.503 e. The molecule has 3 aromatic rings. The molecule has 19 heavy (non-hydrogen) atoms. The van der Waals surface area contributed by atoms with E-state index in [0.29, 0.717) is 11.1 Å². The van der Waals surface area contributed by atoms with Crippen molar-refractivity contribution < 1.29 is 5.11 Å². The van der Waals surface area contributed by atoms with Crippen molar-refractivity contribution in [2.24, 2.45) is 0 Å². The molecule has 1 aromatic heterocycles. The Bertz CT molecular complexity index is 818. The molecule has 0 spiro atoms. The van der Waals surface area contributed by atoms with Gasteiger partial charge in [0.1, 0.15) is 0 Å². The van der Waals surface area contributed by atoms with Crippen molar-refractivity contribution in [3.8, 4) is 17.0 Å². The molecule has 0 saturated heterocycles. The van der Waals surface area contributed by atoms with Crippen LogP contribution in [0.1, 0.15) is 5.56 Å². The summed E-state index contributed by atoms with van der Waals surface area (Å²) in [6.45, 7) is 1.97. The SMILES string of the molecule is Cc1cccc(-c2[nH]c3ccccc3c(=O)c2O)c1. The van der Waals surface area contributed by atoms with Gasteiger partial charge < -0.3 is 10.1 Å². The Balaban J connectivity index is 2.36. The Morgan fingerprint density at radius 3 is 2.63 bits per heavy atom. The van der Waals surface area contributed by atoms with Crippen LogP contribution >= 0.6 is 0 Å². The molecule has 3 nitrogen and oxygen atoms in total. The van der Waals surface area contributed by atoms with E-state index >= 15 is 0 Å². The second-order valence-electron chi connectivity index (χ2n) is 4.59. The fourth-order valence-corrected chi connectivity index (χ4v) is 2.23. The monoisotopic (exact) mass is 251 g/mol.